The second-order valence-electron chi connectivity index (χ2n) is 3.94. The highest BCUT2D eigenvalue weighted by molar-refractivity contribution is 5.90. The van der Waals surface area contributed by atoms with E-state index in [4.69, 9.17) is 15.1 Å². The highest BCUT2D eigenvalue weighted by atomic mass is 16.5. The normalized spacial score (nSPS) is 9.40. The van der Waals surface area contributed by atoms with Crippen LogP contribution in [0, 0.1) is 11.3 Å². The topological polar surface area (TPSA) is 103 Å². The van der Waals surface area contributed by atoms with E-state index in [0.717, 1.165) is 0 Å². The first-order valence-electron chi connectivity index (χ1n) is 5.87. The van der Waals surface area contributed by atoms with Crippen molar-refractivity contribution in [2.24, 2.45) is 0 Å². The first-order valence-corrected chi connectivity index (χ1v) is 5.87. The highest BCUT2D eigenvalue weighted by Gasteiger charge is 2.12. The number of hydrogen-bond donors (Lipinski definition) is 2. The molecule has 106 valence electrons. The molecule has 0 aliphatic carbocycles. The first-order chi connectivity index (χ1) is 9.54. The zero-order chi connectivity index (χ0) is 15.0. The standard InChI is InChI=1S/C13H15N3O4/c1-16(8-4-7-14)13(19)15-10-5-2-3-6-11(10)20-9-12(17)18/h2-3,5-6H,4,8-9H2,1H3,(H,15,19)(H,17,18). The molecule has 1 aromatic carbocycles. The average molecular weight is 277 g/mol. The Bertz CT molecular complexity index is 525. The molecule has 1 rings (SSSR count). The van der Waals surface area contributed by atoms with Crippen molar-refractivity contribution in [3.63, 3.8) is 0 Å². The van der Waals surface area contributed by atoms with Gasteiger partial charge in [0.15, 0.2) is 6.61 Å². The number of carbonyl (C=O) groups is 2. The van der Waals surface area contributed by atoms with Crippen LogP contribution in [0.2, 0.25) is 0 Å². The number of nitrogens with one attached hydrogen (secondary N) is 1. The van der Waals surface area contributed by atoms with Gasteiger partial charge >= 0.3 is 12.0 Å². The summed E-state index contributed by atoms with van der Waals surface area (Å²) in [6, 6.07) is 8.09. The summed E-state index contributed by atoms with van der Waals surface area (Å²) in [7, 11) is 1.56. The summed E-state index contributed by atoms with van der Waals surface area (Å²) in [6.45, 7) is -0.183. The molecular weight excluding hydrogens is 262 g/mol. The Balaban J connectivity index is 2.69. The van der Waals surface area contributed by atoms with E-state index in [0.29, 0.717) is 12.2 Å². The van der Waals surface area contributed by atoms with Crippen molar-refractivity contribution in [1.29, 1.82) is 5.26 Å². The van der Waals surface area contributed by atoms with E-state index >= 15 is 0 Å². The molecule has 0 aliphatic heterocycles. The molecule has 0 aromatic heterocycles. The maximum Gasteiger partial charge on any atom is 0.341 e. The zero-order valence-corrected chi connectivity index (χ0v) is 11.0. The van der Waals surface area contributed by atoms with Crippen LogP contribution in [0.25, 0.3) is 0 Å². The molecule has 20 heavy (non-hydrogen) atoms. The zero-order valence-electron chi connectivity index (χ0n) is 11.0. The molecule has 7 nitrogen and oxygen atoms in total. The number of benzene rings is 1. The van der Waals surface area contributed by atoms with Gasteiger partial charge in [0.1, 0.15) is 5.75 Å². The number of carbonyl (C=O) groups excluding carboxylic acids is 1. The smallest absolute Gasteiger partial charge is 0.341 e. The van der Waals surface area contributed by atoms with Crippen LogP contribution >= 0.6 is 0 Å². The van der Waals surface area contributed by atoms with Gasteiger partial charge in [-0.25, -0.2) is 9.59 Å². The molecule has 0 spiro atoms. The lowest BCUT2D eigenvalue weighted by molar-refractivity contribution is -0.139. The van der Waals surface area contributed by atoms with Crippen molar-refractivity contribution in [2.75, 3.05) is 25.5 Å². The Morgan fingerprint density at radius 1 is 1.45 bits per heavy atom. The van der Waals surface area contributed by atoms with Gasteiger partial charge < -0.3 is 20.1 Å². The van der Waals surface area contributed by atoms with Crippen molar-refractivity contribution < 1.29 is 19.4 Å². The number of para-hydroxylation sites is 2. The molecule has 0 atom stereocenters. The minimum atomic E-state index is -1.10. The van der Waals surface area contributed by atoms with Gasteiger partial charge in [-0.1, -0.05) is 12.1 Å². The van der Waals surface area contributed by atoms with Crippen LogP contribution in [0.4, 0.5) is 10.5 Å². The lowest BCUT2D eigenvalue weighted by Gasteiger charge is -2.18. The Morgan fingerprint density at radius 3 is 2.80 bits per heavy atom. The van der Waals surface area contributed by atoms with Crippen molar-refractivity contribution >= 4 is 17.7 Å². The SMILES string of the molecule is CN(CCC#N)C(=O)Nc1ccccc1OCC(=O)O. The molecular formula is C13H15N3O4. The predicted molar refractivity (Wildman–Crippen MR) is 71.5 cm³/mol. The van der Waals surface area contributed by atoms with Gasteiger partial charge in [0.05, 0.1) is 18.2 Å². The minimum absolute atomic E-state index is 0.237. The lowest BCUT2D eigenvalue weighted by Crippen LogP contribution is -2.32. The minimum Gasteiger partial charge on any atom is -0.480 e. The fourth-order valence-electron chi connectivity index (χ4n) is 1.37. The highest BCUT2D eigenvalue weighted by Crippen LogP contribution is 2.23. The number of hydrogen-bond acceptors (Lipinski definition) is 4. The summed E-state index contributed by atoms with van der Waals surface area (Å²) in [6.07, 6.45) is 0.237. The van der Waals surface area contributed by atoms with E-state index in [1.807, 2.05) is 6.07 Å². The van der Waals surface area contributed by atoms with Gasteiger partial charge in [-0.05, 0) is 12.1 Å². The molecule has 0 bridgehead atoms. The van der Waals surface area contributed by atoms with Crippen molar-refractivity contribution in [3.8, 4) is 11.8 Å². The number of rotatable bonds is 6. The molecule has 0 fully saturated rings. The number of amides is 2. The molecule has 0 saturated carbocycles. The van der Waals surface area contributed by atoms with E-state index in [1.54, 1.807) is 31.3 Å². The summed E-state index contributed by atoms with van der Waals surface area (Å²) in [5, 5.41) is 19.7. The van der Waals surface area contributed by atoms with Gasteiger partial charge in [0.2, 0.25) is 0 Å². The maximum absolute atomic E-state index is 11.8. The number of ether oxygens (including phenoxy) is 1. The molecule has 0 heterocycles. The summed E-state index contributed by atoms with van der Waals surface area (Å²) >= 11 is 0. The van der Waals surface area contributed by atoms with E-state index in [1.165, 1.54) is 4.90 Å². The van der Waals surface area contributed by atoms with E-state index < -0.39 is 18.6 Å². The third-order valence-electron chi connectivity index (χ3n) is 2.39. The molecule has 1 aromatic rings. The summed E-state index contributed by atoms with van der Waals surface area (Å²) in [5.74, 6) is -0.825. The quantitative estimate of drug-likeness (QED) is 0.820. The molecule has 0 unspecified atom stereocenters. The Hall–Kier alpha value is -2.75. The molecule has 0 saturated heterocycles. The number of urea groups is 1. The molecule has 0 aliphatic rings. The Labute approximate surface area is 116 Å². The van der Waals surface area contributed by atoms with Gasteiger partial charge in [-0.2, -0.15) is 5.26 Å². The van der Waals surface area contributed by atoms with E-state index in [2.05, 4.69) is 5.32 Å². The number of anilines is 1. The van der Waals surface area contributed by atoms with Crippen LogP contribution < -0.4 is 10.1 Å². The lowest BCUT2D eigenvalue weighted by atomic mass is 10.3. The monoisotopic (exact) mass is 277 g/mol. The maximum atomic E-state index is 11.8. The fraction of sp³-hybridized carbons (Fsp3) is 0.308. The van der Waals surface area contributed by atoms with E-state index in [-0.39, 0.29) is 12.2 Å². The van der Waals surface area contributed by atoms with Crippen LogP contribution in [0.5, 0.6) is 5.75 Å². The number of carboxylic acids is 1. The van der Waals surface area contributed by atoms with Gasteiger partial charge in [0.25, 0.3) is 0 Å². The third kappa shape index (κ3) is 4.86. The molecule has 2 amide bonds. The van der Waals surface area contributed by atoms with Crippen molar-refractivity contribution in [2.45, 2.75) is 6.42 Å². The molecule has 0 radical (unpaired) electrons. The van der Waals surface area contributed by atoms with Crippen LogP contribution in [0.15, 0.2) is 24.3 Å². The summed E-state index contributed by atoms with van der Waals surface area (Å²) in [4.78, 5) is 23.7. The van der Waals surface area contributed by atoms with Crippen LogP contribution in [0.1, 0.15) is 6.42 Å². The second kappa shape index (κ2) is 7.63. The first kappa shape index (κ1) is 15.3. The van der Waals surface area contributed by atoms with E-state index in [9.17, 15) is 9.59 Å². The second-order valence-corrected chi connectivity index (χ2v) is 3.94. The number of nitrogens with zero attached hydrogens (tertiary/aromatic N) is 2. The Kier molecular flexibility index (Phi) is 5.84. The summed E-state index contributed by atoms with van der Waals surface area (Å²) < 4.78 is 5.08. The largest absolute Gasteiger partial charge is 0.480 e. The van der Waals surface area contributed by atoms with Gasteiger partial charge in [-0.3, -0.25) is 0 Å². The summed E-state index contributed by atoms with van der Waals surface area (Å²) in [5.41, 5.74) is 0.377. The van der Waals surface area contributed by atoms with Crippen LogP contribution in [0.3, 0.4) is 0 Å². The number of nitriles is 1. The van der Waals surface area contributed by atoms with Crippen LogP contribution in [-0.2, 0) is 4.79 Å². The fourth-order valence-corrected chi connectivity index (χ4v) is 1.37. The Morgan fingerprint density at radius 2 is 2.15 bits per heavy atom. The third-order valence-corrected chi connectivity index (χ3v) is 2.39. The number of carboxylic acid groups (broad SMARTS) is 1. The predicted octanol–water partition coefficient (Wildman–Crippen LogP) is 1.53. The van der Waals surface area contributed by atoms with Gasteiger partial charge in [-0.15, -0.1) is 0 Å². The van der Waals surface area contributed by atoms with Gasteiger partial charge in [0, 0.05) is 13.6 Å². The number of aliphatic carboxylic acids is 1. The molecule has 7 heteroatoms. The molecule has 2 N–H and O–H groups in total. The van der Waals surface area contributed by atoms with Crippen molar-refractivity contribution in [3.05, 3.63) is 24.3 Å². The average Bonchev–Trinajstić information content (AvgIpc) is 2.43. The van der Waals surface area contributed by atoms with Crippen LogP contribution in [-0.4, -0.2) is 42.2 Å². The van der Waals surface area contributed by atoms with Crippen molar-refractivity contribution in [1.82, 2.24) is 4.90 Å².